The molecule has 0 spiro atoms. The molecule has 0 saturated heterocycles. The van der Waals surface area contributed by atoms with E-state index in [2.05, 4.69) is 0 Å². The molecule has 0 aromatic heterocycles. The van der Waals surface area contributed by atoms with Crippen molar-refractivity contribution in [3.63, 3.8) is 0 Å². The molecule has 10 nitrogen and oxygen atoms in total. The predicted molar refractivity (Wildman–Crippen MR) is 95.0 cm³/mol. The van der Waals surface area contributed by atoms with E-state index in [1.807, 2.05) is 24.3 Å². The number of hydrogen-bond donors (Lipinski definition) is 6. The van der Waals surface area contributed by atoms with Crippen LogP contribution in [-0.2, 0) is 19.2 Å². The quantitative estimate of drug-likeness (QED) is 0.286. The Labute approximate surface area is 149 Å². The van der Waals surface area contributed by atoms with Gasteiger partial charge in [0.2, 0.25) is 0 Å². The monoisotopic (exact) mass is 426 g/mol. The fourth-order valence-electron chi connectivity index (χ4n) is 2.33. The van der Waals surface area contributed by atoms with Crippen molar-refractivity contribution in [2.75, 3.05) is 0 Å². The van der Waals surface area contributed by atoms with E-state index in [1.54, 1.807) is 18.2 Å². The van der Waals surface area contributed by atoms with Gasteiger partial charge in [-0.05, 0) is 21.9 Å². The molecule has 144 valence electrons. The summed E-state index contributed by atoms with van der Waals surface area (Å²) < 4.78 is 49.5. The molecule has 6 N–H and O–H groups in total. The third-order valence-electron chi connectivity index (χ3n) is 3.05. The molecule has 0 amide bonds. The van der Waals surface area contributed by atoms with E-state index in [4.69, 9.17) is 33.6 Å². The highest BCUT2D eigenvalue weighted by atomic mass is 32.2. The maximum atomic E-state index is 11.3. The van der Waals surface area contributed by atoms with Gasteiger partial charge in [0.15, 0.2) is 0 Å². The van der Waals surface area contributed by atoms with Crippen molar-refractivity contribution < 1.29 is 46.6 Å². The zero-order valence-corrected chi connectivity index (χ0v) is 15.6. The van der Waals surface area contributed by atoms with Crippen LogP contribution in [0, 0.1) is 0 Å². The number of benzene rings is 2. The van der Waals surface area contributed by atoms with Gasteiger partial charge in [0.25, 0.3) is 10.1 Å². The molecular formula is C13H16O10P2S. The first-order valence-electron chi connectivity index (χ1n) is 6.67. The summed E-state index contributed by atoms with van der Waals surface area (Å²) in [6.45, 7) is 0. The van der Waals surface area contributed by atoms with Crippen molar-refractivity contribution >= 4 is 43.0 Å². The number of phosphoric acid groups is 1. The fourth-order valence-corrected chi connectivity index (χ4v) is 3.12. The lowest BCUT2D eigenvalue weighted by Gasteiger charge is -2.18. The van der Waals surface area contributed by atoms with E-state index in [0.29, 0.717) is 5.56 Å². The highest BCUT2D eigenvalue weighted by Crippen LogP contribution is 2.36. The molecule has 1 unspecified atom stereocenters. The van der Waals surface area contributed by atoms with Gasteiger partial charge in [-0.15, -0.1) is 0 Å². The smallest absolute Gasteiger partial charge is 0.326 e. The van der Waals surface area contributed by atoms with Gasteiger partial charge in [-0.25, -0.2) is 4.57 Å². The van der Waals surface area contributed by atoms with Gasteiger partial charge in [0.05, 0.1) is 0 Å². The highest BCUT2D eigenvalue weighted by Gasteiger charge is 2.27. The van der Waals surface area contributed by atoms with E-state index in [-0.39, 0.29) is 0 Å². The molecule has 0 saturated carbocycles. The third kappa shape index (κ3) is 7.46. The molecule has 1 aliphatic rings. The SMILES string of the molecule is O=P(O)(O)O.O=S(=O)(O)C1C=Cc2cccc3cccc1c23.O=[PH](O)O. The average molecular weight is 426 g/mol. The molecule has 2 aromatic carbocycles. The molecule has 0 fully saturated rings. The van der Waals surface area contributed by atoms with Crippen molar-refractivity contribution in [1.29, 1.82) is 0 Å². The maximum Gasteiger partial charge on any atom is 0.466 e. The van der Waals surface area contributed by atoms with Crippen LogP contribution in [0.2, 0.25) is 0 Å². The summed E-state index contributed by atoms with van der Waals surface area (Å²) in [5.74, 6) is 0. The van der Waals surface area contributed by atoms with Gasteiger partial charge in [-0.1, -0.05) is 48.6 Å². The van der Waals surface area contributed by atoms with E-state index >= 15 is 0 Å². The summed E-state index contributed by atoms with van der Waals surface area (Å²) in [7, 11) is -11.9. The number of rotatable bonds is 1. The van der Waals surface area contributed by atoms with Crippen LogP contribution >= 0.6 is 16.1 Å². The summed E-state index contributed by atoms with van der Waals surface area (Å²) in [6.07, 6.45) is 3.26. The summed E-state index contributed by atoms with van der Waals surface area (Å²) in [5.41, 5.74) is 1.63. The van der Waals surface area contributed by atoms with Crippen molar-refractivity contribution in [1.82, 2.24) is 0 Å². The first kappa shape index (κ1) is 22.7. The van der Waals surface area contributed by atoms with Gasteiger partial charge < -0.3 is 24.5 Å². The zero-order valence-electron chi connectivity index (χ0n) is 12.9. The predicted octanol–water partition coefficient (Wildman–Crippen LogP) is 1.23. The minimum Gasteiger partial charge on any atom is -0.326 e. The maximum absolute atomic E-state index is 11.3. The molecule has 26 heavy (non-hydrogen) atoms. The van der Waals surface area contributed by atoms with Crippen LogP contribution in [0.4, 0.5) is 0 Å². The molecule has 3 rings (SSSR count). The van der Waals surface area contributed by atoms with Crippen molar-refractivity contribution in [2.45, 2.75) is 5.25 Å². The fraction of sp³-hybridized carbons (Fsp3) is 0.0769. The van der Waals surface area contributed by atoms with E-state index in [1.165, 1.54) is 6.08 Å². The van der Waals surface area contributed by atoms with Crippen LogP contribution in [0.5, 0.6) is 0 Å². The Bertz CT molecular complexity index is 962. The second-order valence-corrected chi connectivity index (χ2v) is 8.01. The van der Waals surface area contributed by atoms with Crippen LogP contribution in [0.25, 0.3) is 16.8 Å². The molecule has 2 aromatic rings. The lowest BCUT2D eigenvalue weighted by molar-refractivity contribution is 0.275. The Kier molecular flexibility index (Phi) is 7.85. The normalized spacial score (nSPS) is 15.7. The molecule has 0 heterocycles. The summed E-state index contributed by atoms with van der Waals surface area (Å²) >= 11 is 0. The Balaban J connectivity index is 0.000000317. The van der Waals surface area contributed by atoms with Crippen LogP contribution < -0.4 is 0 Å². The number of hydrogen-bond acceptors (Lipinski definition) is 4. The van der Waals surface area contributed by atoms with Gasteiger partial charge in [-0.2, -0.15) is 8.42 Å². The molecule has 1 atom stereocenters. The zero-order chi connectivity index (χ0) is 20.1. The van der Waals surface area contributed by atoms with Crippen molar-refractivity contribution in [3.05, 3.63) is 53.6 Å². The van der Waals surface area contributed by atoms with E-state index < -0.39 is 31.4 Å². The van der Waals surface area contributed by atoms with Crippen LogP contribution in [-0.4, -0.2) is 37.4 Å². The third-order valence-corrected chi connectivity index (χ3v) is 4.10. The summed E-state index contributed by atoms with van der Waals surface area (Å²) in [6, 6.07) is 11.3. The first-order chi connectivity index (χ1) is 11.8. The van der Waals surface area contributed by atoms with Gasteiger partial charge >= 0.3 is 16.1 Å². The Morgan fingerprint density at radius 1 is 1.00 bits per heavy atom. The van der Waals surface area contributed by atoms with E-state index in [9.17, 15) is 13.0 Å². The lowest BCUT2D eigenvalue weighted by Crippen LogP contribution is -2.12. The minimum atomic E-state index is -4.64. The first-order valence-corrected chi connectivity index (χ1v) is 11.0. The summed E-state index contributed by atoms with van der Waals surface area (Å²) in [5, 5.41) is 0.930. The Hall–Kier alpha value is -1.39. The van der Waals surface area contributed by atoms with Crippen LogP contribution in [0.1, 0.15) is 16.4 Å². The lowest BCUT2D eigenvalue weighted by atomic mass is 9.93. The Morgan fingerprint density at radius 2 is 1.46 bits per heavy atom. The van der Waals surface area contributed by atoms with Gasteiger partial charge in [-0.3, -0.25) is 9.12 Å². The molecule has 0 radical (unpaired) electrons. The molecule has 0 bridgehead atoms. The summed E-state index contributed by atoms with van der Waals surface area (Å²) in [4.78, 5) is 35.9. The Morgan fingerprint density at radius 3 is 1.92 bits per heavy atom. The van der Waals surface area contributed by atoms with Crippen molar-refractivity contribution in [2.24, 2.45) is 0 Å². The highest BCUT2D eigenvalue weighted by molar-refractivity contribution is 7.86. The van der Waals surface area contributed by atoms with Crippen LogP contribution in [0.3, 0.4) is 0 Å². The average Bonchev–Trinajstić information content (AvgIpc) is 2.44. The molecular weight excluding hydrogens is 410 g/mol. The molecule has 0 aliphatic heterocycles. The van der Waals surface area contributed by atoms with Gasteiger partial charge in [0.1, 0.15) is 5.25 Å². The van der Waals surface area contributed by atoms with Gasteiger partial charge in [0, 0.05) is 0 Å². The van der Waals surface area contributed by atoms with E-state index in [0.717, 1.165) is 16.3 Å². The largest absolute Gasteiger partial charge is 0.466 e. The minimum absolute atomic E-state index is 0.642. The molecule has 1 aliphatic carbocycles. The van der Waals surface area contributed by atoms with Crippen LogP contribution in [0.15, 0.2) is 42.5 Å². The second kappa shape index (κ2) is 9.01. The standard InChI is InChI=1S/C13H10O3S.H3O4P.H3O3P/c14-17(15,16)12-8-7-10-4-1-3-9-5-2-6-11(12)13(9)10;1-5(2,3)4;1-4(2)3/h1-8,12H,(H,14,15,16);(H3,1,2,3,4);4H,(H2,1,2,3). The topological polar surface area (TPSA) is 190 Å². The van der Waals surface area contributed by atoms with Crippen molar-refractivity contribution in [3.8, 4) is 0 Å². The molecule has 13 heteroatoms. The second-order valence-electron chi connectivity index (χ2n) is 4.88.